The van der Waals surface area contributed by atoms with E-state index in [0.717, 1.165) is 6.26 Å². The van der Waals surface area contributed by atoms with E-state index >= 15 is 0 Å². The minimum atomic E-state index is -3.35. The van der Waals surface area contributed by atoms with Gasteiger partial charge in [0.05, 0.1) is 20.6 Å². The molecule has 80 valence electrons. The summed E-state index contributed by atoms with van der Waals surface area (Å²) in [4.78, 5) is 7.62. The Morgan fingerprint density at radius 1 is 1.21 bits per heavy atom. The molecule has 0 spiro atoms. The van der Waals surface area contributed by atoms with Gasteiger partial charge in [0, 0.05) is 6.26 Å². The van der Waals surface area contributed by atoms with Crippen LogP contribution in [0.5, 0.6) is 0 Å². The average Bonchev–Trinajstić information content (AvgIpc) is 2.15. The predicted octanol–water partition coefficient (Wildman–Crippen LogP) is -0.192. The van der Waals surface area contributed by atoms with Gasteiger partial charge >= 0.3 is 0 Å². The van der Waals surface area contributed by atoms with Crippen LogP contribution in [0.15, 0.2) is 9.98 Å². The highest BCUT2D eigenvalue weighted by atomic mass is 32.2. The molecule has 0 aromatic rings. The highest BCUT2D eigenvalue weighted by Gasteiger charge is 2.25. The first-order valence-electron chi connectivity index (χ1n) is 3.87. The van der Waals surface area contributed by atoms with Crippen LogP contribution in [-0.4, -0.2) is 46.2 Å². The van der Waals surface area contributed by atoms with Gasteiger partial charge in [-0.2, -0.15) is 0 Å². The molecule has 0 bridgehead atoms. The Labute approximate surface area is 82.6 Å². The van der Waals surface area contributed by atoms with Gasteiger partial charge in [-0.05, 0) is 0 Å². The van der Waals surface area contributed by atoms with Crippen LogP contribution in [0.25, 0.3) is 0 Å². The number of hydrogen-bond donors (Lipinski definition) is 0. The first-order valence-corrected chi connectivity index (χ1v) is 5.83. The molecule has 14 heavy (non-hydrogen) atoms. The third-order valence-electron chi connectivity index (χ3n) is 1.67. The van der Waals surface area contributed by atoms with Crippen LogP contribution in [0.2, 0.25) is 0 Å². The highest BCUT2D eigenvalue weighted by molar-refractivity contribution is 7.91. The van der Waals surface area contributed by atoms with Gasteiger partial charge in [0.15, 0.2) is 21.6 Å². The van der Waals surface area contributed by atoms with Crippen molar-refractivity contribution in [2.75, 3.05) is 20.5 Å². The maximum atomic E-state index is 11.2. The van der Waals surface area contributed by atoms with Crippen molar-refractivity contribution in [3.05, 3.63) is 0 Å². The van der Waals surface area contributed by atoms with E-state index in [1.807, 2.05) is 0 Å². The SMILES string of the molecule is COC1=NC(S(C)(=O)=O)N=C(OC)C1. The predicted molar refractivity (Wildman–Crippen MR) is 52.1 cm³/mol. The van der Waals surface area contributed by atoms with Crippen molar-refractivity contribution >= 4 is 21.6 Å². The van der Waals surface area contributed by atoms with Crippen molar-refractivity contribution in [1.82, 2.24) is 0 Å². The van der Waals surface area contributed by atoms with Crippen molar-refractivity contribution in [3.8, 4) is 0 Å². The monoisotopic (exact) mass is 220 g/mol. The van der Waals surface area contributed by atoms with Crippen molar-refractivity contribution in [3.63, 3.8) is 0 Å². The average molecular weight is 220 g/mol. The van der Waals surface area contributed by atoms with E-state index in [4.69, 9.17) is 9.47 Å². The zero-order valence-electron chi connectivity index (χ0n) is 8.22. The molecule has 0 N–H and O–H groups in total. The lowest BCUT2D eigenvalue weighted by Crippen LogP contribution is -2.26. The van der Waals surface area contributed by atoms with Crippen molar-refractivity contribution in [2.45, 2.75) is 11.9 Å². The second-order valence-corrected chi connectivity index (χ2v) is 4.87. The van der Waals surface area contributed by atoms with Gasteiger partial charge in [-0.15, -0.1) is 0 Å². The lowest BCUT2D eigenvalue weighted by Gasteiger charge is -2.16. The maximum absolute atomic E-state index is 11.2. The lowest BCUT2D eigenvalue weighted by atomic mass is 10.4. The zero-order valence-corrected chi connectivity index (χ0v) is 9.04. The quantitative estimate of drug-likeness (QED) is 0.613. The zero-order chi connectivity index (χ0) is 10.8. The van der Waals surface area contributed by atoms with E-state index in [-0.39, 0.29) is 0 Å². The Morgan fingerprint density at radius 2 is 1.64 bits per heavy atom. The summed E-state index contributed by atoms with van der Waals surface area (Å²) in [6, 6.07) is 0. The van der Waals surface area contributed by atoms with Gasteiger partial charge in [-0.25, -0.2) is 18.4 Å². The van der Waals surface area contributed by atoms with Gasteiger partial charge < -0.3 is 9.47 Å². The van der Waals surface area contributed by atoms with E-state index in [0.29, 0.717) is 18.2 Å². The summed E-state index contributed by atoms with van der Waals surface area (Å²) in [5.74, 6) is 0.625. The molecule has 1 aliphatic heterocycles. The van der Waals surface area contributed by atoms with Crippen LogP contribution in [0.4, 0.5) is 0 Å². The van der Waals surface area contributed by atoms with Gasteiger partial charge in [-0.1, -0.05) is 0 Å². The largest absolute Gasteiger partial charge is 0.484 e. The Balaban J connectivity index is 2.99. The molecule has 0 amide bonds. The summed E-state index contributed by atoms with van der Waals surface area (Å²) in [7, 11) is -0.492. The molecule has 7 heteroatoms. The summed E-state index contributed by atoms with van der Waals surface area (Å²) in [6.45, 7) is 0. The lowest BCUT2D eigenvalue weighted by molar-refractivity contribution is 0.362. The summed E-state index contributed by atoms with van der Waals surface area (Å²) in [5.41, 5.74) is -1.14. The Bertz CT molecular complexity index is 351. The molecule has 1 rings (SSSR count). The summed E-state index contributed by atoms with van der Waals surface area (Å²) in [5, 5.41) is 0. The number of nitrogens with zero attached hydrogens (tertiary/aromatic N) is 2. The number of methoxy groups -OCH3 is 2. The molecule has 0 atom stereocenters. The van der Waals surface area contributed by atoms with Crippen molar-refractivity contribution < 1.29 is 17.9 Å². The van der Waals surface area contributed by atoms with E-state index < -0.39 is 15.3 Å². The maximum Gasteiger partial charge on any atom is 0.247 e. The number of rotatable bonds is 1. The number of hydrogen-bond acceptors (Lipinski definition) is 6. The van der Waals surface area contributed by atoms with Crippen LogP contribution in [0.3, 0.4) is 0 Å². The molecule has 6 nitrogen and oxygen atoms in total. The molecule has 0 saturated carbocycles. The summed E-state index contributed by atoms with van der Waals surface area (Å²) < 4.78 is 32.1. The third-order valence-corrected chi connectivity index (χ3v) is 2.64. The highest BCUT2D eigenvalue weighted by Crippen LogP contribution is 2.12. The fourth-order valence-corrected chi connectivity index (χ4v) is 1.56. The van der Waals surface area contributed by atoms with Gasteiger partial charge in [-0.3, -0.25) is 0 Å². The molecular formula is C7H12N2O4S. The third kappa shape index (κ3) is 2.44. The standard InChI is InChI=1S/C7H12N2O4S/c1-12-5-4-6(13-2)9-7(8-5)14(3,10)11/h7H,4H2,1-3H3. The molecule has 0 saturated heterocycles. The van der Waals surface area contributed by atoms with E-state index in [9.17, 15) is 8.42 Å². The minimum Gasteiger partial charge on any atom is -0.484 e. The molecule has 0 aliphatic carbocycles. The molecule has 0 unspecified atom stereocenters. The van der Waals surface area contributed by atoms with Crippen LogP contribution in [0.1, 0.15) is 6.42 Å². The van der Waals surface area contributed by atoms with Gasteiger partial charge in [0.2, 0.25) is 5.50 Å². The summed E-state index contributed by atoms with van der Waals surface area (Å²) >= 11 is 0. The van der Waals surface area contributed by atoms with Crippen molar-refractivity contribution in [2.24, 2.45) is 9.98 Å². The molecule has 0 aromatic carbocycles. The fourth-order valence-electron chi connectivity index (χ4n) is 0.937. The van der Waals surface area contributed by atoms with Gasteiger partial charge in [0.25, 0.3) is 0 Å². The Hall–Kier alpha value is -1.11. The summed E-state index contributed by atoms with van der Waals surface area (Å²) in [6.07, 6.45) is 1.36. The van der Waals surface area contributed by atoms with E-state index in [1.54, 1.807) is 0 Å². The van der Waals surface area contributed by atoms with Crippen LogP contribution >= 0.6 is 0 Å². The van der Waals surface area contributed by atoms with Crippen LogP contribution in [-0.2, 0) is 19.3 Å². The first-order chi connectivity index (χ1) is 6.47. The Morgan fingerprint density at radius 3 is 1.93 bits per heavy atom. The topological polar surface area (TPSA) is 77.3 Å². The van der Waals surface area contributed by atoms with Crippen LogP contribution in [0, 0.1) is 0 Å². The van der Waals surface area contributed by atoms with Gasteiger partial charge in [0.1, 0.15) is 0 Å². The molecule has 1 aliphatic rings. The second kappa shape index (κ2) is 3.95. The number of ether oxygens (including phenoxy) is 2. The smallest absolute Gasteiger partial charge is 0.247 e. The fraction of sp³-hybridized carbons (Fsp3) is 0.714. The molecule has 0 aromatic heterocycles. The normalized spacial score (nSPS) is 18.5. The number of aliphatic imine (C=N–C) groups is 2. The minimum absolute atomic E-state index is 0.291. The number of sulfone groups is 1. The van der Waals surface area contributed by atoms with Crippen molar-refractivity contribution in [1.29, 1.82) is 0 Å². The molecule has 1 heterocycles. The van der Waals surface area contributed by atoms with E-state index in [1.165, 1.54) is 14.2 Å². The first kappa shape index (κ1) is 11.0. The second-order valence-electron chi connectivity index (χ2n) is 2.79. The van der Waals surface area contributed by atoms with E-state index in [2.05, 4.69) is 9.98 Å². The molecular weight excluding hydrogens is 208 g/mol. The Kier molecular flexibility index (Phi) is 3.10. The van der Waals surface area contributed by atoms with Crippen LogP contribution < -0.4 is 0 Å². The molecule has 0 fully saturated rings. The molecule has 0 radical (unpaired) electrons.